The van der Waals surface area contributed by atoms with Crippen molar-refractivity contribution in [3.8, 4) is 0 Å². The number of benzene rings is 1. The minimum atomic E-state index is -0.296. The average Bonchev–Trinajstić information content (AvgIpc) is 2.94. The Morgan fingerprint density at radius 2 is 2.37 bits per heavy atom. The minimum absolute atomic E-state index is 0.0758. The molecule has 1 aliphatic heterocycles. The zero-order chi connectivity index (χ0) is 13.2. The molecule has 1 saturated heterocycles. The molecule has 0 radical (unpaired) electrons. The minimum Gasteiger partial charge on any atom is -0.392 e. The van der Waals surface area contributed by atoms with Crippen molar-refractivity contribution in [2.24, 2.45) is 0 Å². The van der Waals surface area contributed by atoms with E-state index in [0.717, 1.165) is 23.2 Å². The Morgan fingerprint density at radius 3 is 3.11 bits per heavy atom. The number of likely N-dealkylation sites (tertiary alicyclic amines) is 1. The smallest absolute Gasteiger partial charge is 0.240 e. The molecule has 1 aromatic carbocycles. The number of nitrogens with zero attached hydrogens (tertiary/aromatic N) is 2. The van der Waals surface area contributed by atoms with Gasteiger partial charge in [-0.2, -0.15) is 0 Å². The van der Waals surface area contributed by atoms with Gasteiger partial charge in [0, 0.05) is 13.1 Å². The number of β-amino-alcohol motifs (C(OH)–C–C–N with tert-alkyl or cyclic N) is 1. The molecule has 2 N–H and O–H groups in total. The predicted molar refractivity (Wildman–Crippen MR) is 75.3 cm³/mol. The Labute approximate surface area is 114 Å². The Balaban J connectivity index is 1.62. The average molecular weight is 277 g/mol. The molecule has 2 heterocycles. The fourth-order valence-electron chi connectivity index (χ4n) is 2.24. The van der Waals surface area contributed by atoms with Gasteiger partial charge in [0.1, 0.15) is 0 Å². The van der Waals surface area contributed by atoms with Gasteiger partial charge in [-0.1, -0.05) is 23.5 Å². The summed E-state index contributed by atoms with van der Waals surface area (Å²) >= 11 is 1.47. The maximum Gasteiger partial charge on any atom is 0.240 e. The Bertz CT molecular complexity index is 565. The molecule has 6 heteroatoms. The molecule has 19 heavy (non-hydrogen) atoms. The van der Waals surface area contributed by atoms with Crippen LogP contribution in [0.4, 0.5) is 5.13 Å². The molecular formula is C13H15N3O2S. The second kappa shape index (κ2) is 5.24. The van der Waals surface area contributed by atoms with Crippen LogP contribution in [0.3, 0.4) is 0 Å². The number of thiazole rings is 1. The van der Waals surface area contributed by atoms with Crippen molar-refractivity contribution >= 4 is 32.6 Å². The lowest BCUT2D eigenvalue weighted by atomic mass is 10.3. The van der Waals surface area contributed by atoms with Gasteiger partial charge < -0.3 is 10.4 Å². The zero-order valence-corrected chi connectivity index (χ0v) is 11.2. The van der Waals surface area contributed by atoms with Crippen LogP contribution in [0.15, 0.2) is 24.3 Å². The van der Waals surface area contributed by atoms with Crippen molar-refractivity contribution < 1.29 is 9.90 Å². The van der Waals surface area contributed by atoms with Gasteiger partial charge in [-0.25, -0.2) is 4.98 Å². The first kappa shape index (κ1) is 12.5. The molecule has 2 aromatic rings. The number of nitrogens with one attached hydrogen (secondary N) is 1. The van der Waals surface area contributed by atoms with Gasteiger partial charge in [0.15, 0.2) is 5.13 Å². The van der Waals surface area contributed by atoms with Gasteiger partial charge in [-0.3, -0.25) is 9.69 Å². The number of amides is 1. The maximum absolute atomic E-state index is 11.9. The van der Waals surface area contributed by atoms with Crippen LogP contribution in [-0.2, 0) is 4.79 Å². The third kappa shape index (κ3) is 2.91. The third-order valence-electron chi connectivity index (χ3n) is 3.15. The van der Waals surface area contributed by atoms with E-state index in [1.807, 2.05) is 29.2 Å². The molecule has 1 fully saturated rings. The number of fused-ring (bicyclic) bond motifs is 1. The van der Waals surface area contributed by atoms with Crippen molar-refractivity contribution in [1.29, 1.82) is 0 Å². The molecule has 1 aromatic heterocycles. The second-order valence-electron chi connectivity index (χ2n) is 4.71. The van der Waals surface area contributed by atoms with Gasteiger partial charge in [0.2, 0.25) is 5.91 Å². The molecule has 0 spiro atoms. The Morgan fingerprint density at radius 1 is 1.53 bits per heavy atom. The fourth-order valence-corrected chi connectivity index (χ4v) is 3.13. The molecule has 0 aliphatic carbocycles. The van der Waals surface area contributed by atoms with Gasteiger partial charge in [0.25, 0.3) is 0 Å². The number of aromatic nitrogens is 1. The van der Waals surface area contributed by atoms with E-state index in [4.69, 9.17) is 0 Å². The fraction of sp³-hybridized carbons (Fsp3) is 0.385. The monoisotopic (exact) mass is 277 g/mol. The quantitative estimate of drug-likeness (QED) is 0.887. The summed E-state index contributed by atoms with van der Waals surface area (Å²) in [6.07, 6.45) is 0.448. The van der Waals surface area contributed by atoms with Crippen LogP contribution in [0.1, 0.15) is 6.42 Å². The molecule has 1 atom stereocenters. The van der Waals surface area contributed by atoms with Crippen molar-refractivity contribution in [3.63, 3.8) is 0 Å². The first-order valence-corrected chi connectivity index (χ1v) is 7.08. The first-order chi connectivity index (χ1) is 9.20. The van der Waals surface area contributed by atoms with E-state index in [1.54, 1.807) is 0 Å². The standard InChI is InChI=1S/C13H15N3O2S/c17-9-5-6-16(7-9)8-12(18)15-13-14-10-3-1-2-4-11(10)19-13/h1-4,9,17H,5-8H2,(H,14,15,18). The predicted octanol–water partition coefficient (Wildman–Crippen LogP) is 1.30. The van der Waals surface area contributed by atoms with Crippen molar-refractivity contribution in [2.45, 2.75) is 12.5 Å². The number of rotatable bonds is 3. The highest BCUT2D eigenvalue weighted by Crippen LogP contribution is 2.25. The Kier molecular flexibility index (Phi) is 3.46. The van der Waals surface area contributed by atoms with Gasteiger partial charge in [0.05, 0.1) is 22.9 Å². The summed E-state index contributed by atoms with van der Waals surface area (Å²) in [4.78, 5) is 18.2. The second-order valence-corrected chi connectivity index (χ2v) is 5.74. The lowest BCUT2D eigenvalue weighted by Crippen LogP contribution is -2.32. The summed E-state index contributed by atoms with van der Waals surface area (Å²) in [5.41, 5.74) is 0.902. The van der Waals surface area contributed by atoms with Gasteiger partial charge in [-0.05, 0) is 18.6 Å². The highest BCUT2D eigenvalue weighted by atomic mass is 32.1. The van der Waals surface area contributed by atoms with Crippen LogP contribution >= 0.6 is 11.3 Å². The molecule has 1 aliphatic rings. The number of anilines is 1. The van der Waals surface area contributed by atoms with Gasteiger partial charge in [-0.15, -0.1) is 0 Å². The highest BCUT2D eigenvalue weighted by molar-refractivity contribution is 7.22. The topological polar surface area (TPSA) is 65.5 Å². The van der Waals surface area contributed by atoms with Crippen molar-refractivity contribution in [1.82, 2.24) is 9.88 Å². The Hall–Kier alpha value is -1.50. The number of carbonyl (C=O) groups excluding carboxylic acids is 1. The summed E-state index contributed by atoms with van der Waals surface area (Å²) < 4.78 is 1.06. The third-order valence-corrected chi connectivity index (χ3v) is 4.11. The maximum atomic E-state index is 11.9. The van der Waals surface area contributed by atoms with E-state index < -0.39 is 0 Å². The molecule has 5 nitrogen and oxygen atoms in total. The van der Waals surface area contributed by atoms with Crippen LogP contribution in [0.5, 0.6) is 0 Å². The number of aliphatic hydroxyl groups is 1. The molecule has 1 amide bonds. The lowest BCUT2D eigenvalue weighted by molar-refractivity contribution is -0.117. The number of aliphatic hydroxyl groups excluding tert-OH is 1. The van der Waals surface area contributed by atoms with Crippen LogP contribution in [-0.4, -0.2) is 46.6 Å². The molecule has 100 valence electrons. The van der Waals surface area contributed by atoms with Crippen molar-refractivity contribution in [3.05, 3.63) is 24.3 Å². The highest BCUT2D eigenvalue weighted by Gasteiger charge is 2.22. The normalized spacial score (nSPS) is 19.9. The summed E-state index contributed by atoms with van der Waals surface area (Å²) in [5, 5.41) is 12.9. The molecule has 0 bridgehead atoms. The number of hydrogen-bond donors (Lipinski definition) is 2. The number of hydrogen-bond acceptors (Lipinski definition) is 5. The summed E-state index contributed by atoms with van der Waals surface area (Å²) in [6.45, 7) is 1.66. The van der Waals surface area contributed by atoms with Crippen LogP contribution < -0.4 is 5.32 Å². The van der Waals surface area contributed by atoms with E-state index in [-0.39, 0.29) is 12.0 Å². The molecule has 3 rings (SSSR count). The zero-order valence-electron chi connectivity index (χ0n) is 10.4. The van der Waals surface area contributed by atoms with E-state index >= 15 is 0 Å². The molecular weight excluding hydrogens is 262 g/mol. The summed E-state index contributed by atoms with van der Waals surface area (Å²) in [6, 6.07) is 7.80. The van der Waals surface area contributed by atoms with E-state index in [1.165, 1.54) is 11.3 Å². The van der Waals surface area contributed by atoms with Crippen LogP contribution in [0.25, 0.3) is 10.2 Å². The van der Waals surface area contributed by atoms with E-state index in [2.05, 4.69) is 10.3 Å². The summed E-state index contributed by atoms with van der Waals surface area (Å²) in [5.74, 6) is -0.0758. The van der Waals surface area contributed by atoms with Crippen molar-refractivity contribution in [2.75, 3.05) is 25.0 Å². The largest absolute Gasteiger partial charge is 0.392 e. The number of carbonyl (C=O) groups is 1. The lowest BCUT2D eigenvalue weighted by Gasteiger charge is -2.13. The molecule has 1 unspecified atom stereocenters. The SMILES string of the molecule is O=C(CN1CCC(O)C1)Nc1nc2ccccc2s1. The van der Waals surface area contributed by atoms with Gasteiger partial charge >= 0.3 is 0 Å². The van der Waals surface area contributed by atoms with Crippen LogP contribution in [0.2, 0.25) is 0 Å². The van der Waals surface area contributed by atoms with Crippen LogP contribution in [0, 0.1) is 0 Å². The van der Waals surface area contributed by atoms with E-state index in [9.17, 15) is 9.90 Å². The first-order valence-electron chi connectivity index (χ1n) is 6.26. The molecule has 0 saturated carbocycles. The number of para-hydroxylation sites is 1. The summed E-state index contributed by atoms with van der Waals surface area (Å²) in [7, 11) is 0. The van der Waals surface area contributed by atoms with E-state index in [0.29, 0.717) is 18.2 Å².